The molecule has 2 N–H and O–H groups in total. The van der Waals surface area contributed by atoms with Crippen LogP contribution in [0.5, 0.6) is 0 Å². The van der Waals surface area contributed by atoms with Gasteiger partial charge in [0.25, 0.3) is 0 Å². The highest BCUT2D eigenvalue weighted by atomic mass is 32.2. The average molecular weight is 238 g/mol. The second-order valence-electron chi connectivity index (χ2n) is 2.87. The van der Waals surface area contributed by atoms with Crippen LogP contribution >= 0.6 is 11.8 Å². The maximum atomic E-state index is 11.1. The van der Waals surface area contributed by atoms with Crippen molar-refractivity contribution < 1.29 is 9.90 Å². The number of H-pyrrole nitrogens is 1. The van der Waals surface area contributed by atoms with Gasteiger partial charge in [0.05, 0.1) is 5.75 Å². The van der Waals surface area contributed by atoms with Gasteiger partial charge in [0, 0.05) is 5.69 Å². The Morgan fingerprint density at radius 1 is 1.62 bits per heavy atom. The van der Waals surface area contributed by atoms with Gasteiger partial charge in [0.1, 0.15) is 10.6 Å². The molecule has 1 heterocycles. The van der Waals surface area contributed by atoms with Gasteiger partial charge in [0.2, 0.25) is 0 Å². The van der Waals surface area contributed by atoms with E-state index in [0.717, 1.165) is 11.8 Å². The third-order valence-electron chi connectivity index (χ3n) is 1.76. The highest BCUT2D eigenvalue weighted by molar-refractivity contribution is 7.99. The summed E-state index contributed by atoms with van der Waals surface area (Å²) in [6.07, 6.45) is 0. The lowest BCUT2D eigenvalue weighted by atomic mass is 10.2. The fourth-order valence-corrected chi connectivity index (χ4v) is 1.98. The van der Waals surface area contributed by atoms with Gasteiger partial charge in [-0.2, -0.15) is 4.98 Å². The number of carboxylic acid groups (broad SMARTS) is 1. The SMILES string of the molecule is CC#CCSc1nc(=O)[nH]c(C)c1C(=O)O. The van der Waals surface area contributed by atoms with Gasteiger partial charge in [-0.1, -0.05) is 17.7 Å². The number of nitrogens with zero attached hydrogens (tertiary/aromatic N) is 1. The van der Waals surface area contributed by atoms with Crippen LogP contribution in [0.25, 0.3) is 0 Å². The fourth-order valence-electron chi connectivity index (χ4n) is 1.09. The molecule has 84 valence electrons. The molecule has 1 rings (SSSR count). The normalized spacial score (nSPS) is 9.38. The predicted molar refractivity (Wildman–Crippen MR) is 60.7 cm³/mol. The van der Waals surface area contributed by atoms with Crippen molar-refractivity contribution in [1.29, 1.82) is 0 Å². The lowest BCUT2D eigenvalue weighted by molar-refractivity contribution is 0.0690. The van der Waals surface area contributed by atoms with Crippen molar-refractivity contribution in [2.75, 3.05) is 5.75 Å². The molecule has 5 nitrogen and oxygen atoms in total. The molecule has 0 aliphatic carbocycles. The van der Waals surface area contributed by atoms with E-state index in [1.54, 1.807) is 6.92 Å². The van der Waals surface area contributed by atoms with Crippen LogP contribution in [-0.2, 0) is 0 Å². The van der Waals surface area contributed by atoms with Crippen LogP contribution in [0.15, 0.2) is 9.82 Å². The molecular formula is C10H10N2O3S. The predicted octanol–water partition coefficient (Wildman–Crippen LogP) is 0.892. The summed E-state index contributed by atoms with van der Waals surface area (Å²) < 4.78 is 0. The van der Waals surface area contributed by atoms with Crippen LogP contribution in [0.2, 0.25) is 0 Å². The zero-order valence-electron chi connectivity index (χ0n) is 8.83. The molecule has 0 aromatic carbocycles. The molecule has 0 fully saturated rings. The number of aromatic nitrogens is 2. The van der Waals surface area contributed by atoms with E-state index in [0.29, 0.717) is 11.4 Å². The number of hydrogen-bond acceptors (Lipinski definition) is 4. The molecule has 0 aliphatic heterocycles. The number of hydrogen-bond donors (Lipinski definition) is 2. The Balaban J connectivity index is 3.17. The summed E-state index contributed by atoms with van der Waals surface area (Å²) in [5.74, 6) is 4.76. The number of thioether (sulfide) groups is 1. The smallest absolute Gasteiger partial charge is 0.346 e. The molecule has 0 unspecified atom stereocenters. The van der Waals surface area contributed by atoms with Gasteiger partial charge in [-0.3, -0.25) is 0 Å². The Bertz CT molecular complexity index is 525. The molecule has 0 saturated heterocycles. The van der Waals surface area contributed by atoms with Crippen LogP contribution in [0.1, 0.15) is 23.0 Å². The van der Waals surface area contributed by atoms with Crippen LogP contribution in [-0.4, -0.2) is 26.8 Å². The van der Waals surface area contributed by atoms with Crippen LogP contribution in [0.3, 0.4) is 0 Å². The van der Waals surface area contributed by atoms with Gasteiger partial charge in [0.15, 0.2) is 0 Å². The van der Waals surface area contributed by atoms with E-state index in [1.807, 2.05) is 0 Å². The lowest BCUT2D eigenvalue weighted by Gasteiger charge is -2.04. The monoisotopic (exact) mass is 238 g/mol. The molecule has 1 aromatic heterocycles. The number of carbonyl (C=O) groups is 1. The van der Waals surface area contributed by atoms with Crippen molar-refractivity contribution in [3.8, 4) is 11.8 Å². The Kier molecular flexibility index (Phi) is 4.14. The van der Waals surface area contributed by atoms with Gasteiger partial charge in [-0.05, 0) is 13.8 Å². The second kappa shape index (κ2) is 5.37. The highest BCUT2D eigenvalue weighted by Crippen LogP contribution is 2.20. The number of aromatic amines is 1. The molecule has 0 spiro atoms. The minimum atomic E-state index is -1.10. The average Bonchev–Trinajstić information content (AvgIpc) is 2.16. The second-order valence-corrected chi connectivity index (χ2v) is 3.83. The summed E-state index contributed by atoms with van der Waals surface area (Å²) in [5.41, 5.74) is -0.212. The number of nitrogens with one attached hydrogen (secondary N) is 1. The summed E-state index contributed by atoms with van der Waals surface area (Å²) >= 11 is 1.14. The Morgan fingerprint density at radius 2 is 2.31 bits per heavy atom. The Hall–Kier alpha value is -1.74. The summed E-state index contributed by atoms with van der Waals surface area (Å²) in [6.45, 7) is 3.22. The maximum Gasteiger partial charge on any atom is 0.346 e. The summed E-state index contributed by atoms with van der Waals surface area (Å²) in [6, 6.07) is 0. The zero-order valence-corrected chi connectivity index (χ0v) is 9.64. The minimum Gasteiger partial charge on any atom is -0.478 e. The van der Waals surface area contributed by atoms with E-state index >= 15 is 0 Å². The first-order chi connectivity index (χ1) is 7.56. The molecule has 1 aromatic rings. The third kappa shape index (κ3) is 2.87. The topological polar surface area (TPSA) is 83.0 Å². The van der Waals surface area contributed by atoms with Crippen molar-refractivity contribution >= 4 is 17.7 Å². The van der Waals surface area contributed by atoms with Gasteiger partial charge in [-0.25, -0.2) is 9.59 Å². The number of carboxylic acids is 1. The van der Waals surface area contributed by atoms with Crippen molar-refractivity contribution in [3.05, 3.63) is 21.7 Å². The quantitative estimate of drug-likeness (QED) is 0.464. The first-order valence-electron chi connectivity index (χ1n) is 4.43. The molecule has 0 radical (unpaired) electrons. The zero-order chi connectivity index (χ0) is 12.1. The largest absolute Gasteiger partial charge is 0.478 e. The maximum absolute atomic E-state index is 11.1. The van der Waals surface area contributed by atoms with Crippen LogP contribution in [0.4, 0.5) is 0 Å². The van der Waals surface area contributed by atoms with E-state index in [9.17, 15) is 9.59 Å². The van der Waals surface area contributed by atoms with E-state index in [1.165, 1.54) is 6.92 Å². The van der Waals surface area contributed by atoms with Crippen LogP contribution in [0, 0.1) is 18.8 Å². The number of rotatable bonds is 3. The summed E-state index contributed by atoms with van der Waals surface area (Å²) in [5, 5.41) is 9.19. The first kappa shape index (κ1) is 12.3. The molecule has 0 saturated carbocycles. The van der Waals surface area contributed by atoms with E-state index in [4.69, 9.17) is 5.11 Å². The lowest BCUT2D eigenvalue weighted by Crippen LogP contribution is -2.18. The molecule has 0 bridgehead atoms. The molecule has 16 heavy (non-hydrogen) atoms. The van der Waals surface area contributed by atoms with Crippen molar-refractivity contribution in [2.24, 2.45) is 0 Å². The minimum absolute atomic E-state index is 0.0301. The standard InChI is InChI=1S/C10H10N2O3S/c1-3-4-5-16-8-7(9(13)14)6(2)11-10(15)12-8/h5H2,1-2H3,(H,13,14)(H,11,12,15). The van der Waals surface area contributed by atoms with Gasteiger partial charge < -0.3 is 10.1 Å². The third-order valence-corrected chi connectivity index (χ3v) is 2.62. The molecule has 6 heteroatoms. The number of aromatic carboxylic acids is 1. The van der Waals surface area contributed by atoms with Gasteiger partial charge in [-0.15, -0.1) is 5.92 Å². The van der Waals surface area contributed by atoms with E-state index in [-0.39, 0.29) is 10.6 Å². The number of aryl methyl sites for hydroxylation is 1. The van der Waals surface area contributed by atoms with Crippen molar-refractivity contribution in [1.82, 2.24) is 9.97 Å². The first-order valence-corrected chi connectivity index (χ1v) is 5.41. The molecule has 0 atom stereocenters. The van der Waals surface area contributed by atoms with Crippen LogP contribution < -0.4 is 5.69 Å². The van der Waals surface area contributed by atoms with E-state index in [2.05, 4.69) is 21.8 Å². The van der Waals surface area contributed by atoms with Crippen molar-refractivity contribution in [3.63, 3.8) is 0 Å². The Morgan fingerprint density at radius 3 is 2.88 bits per heavy atom. The van der Waals surface area contributed by atoms with Gasteiger partial charge >= 0.3 is 11.7 Å². The molecular weight excluding hydrogens is 228 g/mol. The highest BCUT2D eigenvalue weighted by Gasteiger charge is 2.16. The van der Waals surface area contributed by atoms with E-state index < -0.39 is 11.7 Å². The molecule has 0 aliphatic rings. The van der Waals surface area contributed by atoms with Crippen molar-refractivity contribution in [2.45, 2.75) is 18.9 Å². The molecule has 0 amide bonds. The summed E-state index contributed by atoms with van der Waals surface area (Å²) in [4.78, 5) is 28.1. The Labute approximate surface area is 96.3 Å². The summed E-state index contributed by atoms with van der Waals surface area (Å²) in [7, 11) is 0. The fraction of sp³-hybridized carbons (Fsp3) is 0.300.